The highest BCUT2D eigenvalue weighted by Crippen LogP contribution is 2.13. The fraction of sp³-hybridized carbons (Fsp3) is 0.625. The molecule has 0 radical (unpaired) electrons. The molecule has 72 valence electrons. The van der Waals surface area contributed by atoms with Gasteiger partial charge < -0.3 is 9.67 Å². The van der Waals surface area contributed by atoms with E-state index in [0.29, 0.717) is 6.54 Å². The van der Waals surface area contributed by atoms with E-state index in [1.54, 1.807) is 4.57 Å². The van der Waals surface area contributed by atoms with Crippen LogP contribution in [0, 0.1) is 11.8 Å². The van der Waals surface area contributed by atoms with Crippen LogP contribution >= 0.6 is 0 Å². The average molecular weight is 183 g/mol. The van der Waals surface area contributed by atoms with E-state index in [0.717, 1.165) is 0 Å². The topological polar surface area (TPSA) is 68.0 Å². The number of aromatic nitrogens is 3. The van der Waals surface area contributed by atoms with E-state index in [-0.39, 0.29) is 11.8 Å². The van der Waals surface area contributed by atoms with Crippen molar-refractivity contribution in [3.63, 3.8) is 0 Å². The highest BCUT2D eigenvalue weighted by molar-refractivity contribution is 5.70. The third-order valence-corrected chi connectivity index (χ3v) is 2.00. The lowest BCUT2D eigenvalue weighted by Crippen LogP contribution is -2.24. The van der Waals surface area contributed by atoms with Gasteiger partial charge in [-0.05, 0) is 5.92 Å². The van der Waals surface area contributed by atoms with Gasteiger partial charge in [-0.25, -0.2) is 0 Å². The Labute approximate surface area is 76.4 Å². The van der Waals surface area contributed by atoms with Crippen molar-refractivity contribution in [1.29, 1.82) is 0 Å². The molecule has 0 aliphatic carbocycles. The molecule has 1 heterocycles. The number of carboxylic acid groups (broad SMARTS) is 1. The van der Waals surface area contributed by atoms with Crippen molar-refractivity contribution in [2.45, 2.75) is 20.4 Å². The van der Waals surface area contributed by atoms with Gasteiger partial charge in [-0.15, -0.1) is 10.2 Å². The molecule has 0 aliphatic heterocycles. The highest BCUT2D eigenvalue weighted by atomic mass is 16.4. The van der Waals surface area contributed by atoms with Gasteiger partial charge in [0.25, 0.3) is 0 Å². The number of nitrogens with zero attached hydrogens (tertiary/aromatic N) is 3. The quantitative estimate of drug-likeness (QED) is 0.743. The largest absolute Gasteiger partial charge is 0.481 e. The molecule has 1 aromatic heterocycles. The smallest absolute Gasteiger partial charge is 0.308 e. The van der Waals surface area contributed by atoms with Crippen LogP contribution in [0.4, 0.5) is 0 Å². The zero-order valence-electron chi connectivity index (χ0n) is 7.71. The van der Waals surface area contributed by atoms with Crippen LogP contribution in [0.3, 0.4) is 0 Å². The van der Waals surface area contributed by atoms with Crippen LogP contribution in [-0.4, -0.2) is 25.8 Å². The second-order valence-corrected chi connectivity index (χ2v) is 3.35. The lowest BCUT2D eigenvalue weighted by atomic mass is 9.96. The van der Waals surface area contributed by atoms with E-state index in [4.69, 9.17) is 5.11 Å². The number of aliphatic carboxylic acids is 1. The Hall–Kier alpha value is -1.39. The summed E-state index contributed by atoms with van der Waals surface area (Å²) in [6.07, 6.45) is 3.05. The Kier molecular flexibility index (Phi) is 3.00. The SMILES string of the molecule is CC(C)C(Cn1cnnc1)C(=O)O. The molecular weight excluding hydrogens is 170 g/mol. The second-order valence-electron chi connectivity index (χ2n) is 3.35. The van der Waals surface area contributed by atoms with Gasteiger partial charge in [0.15, 0.2) is 0 Å². The minimum absolute atomic E-state index is 0.111. The zero-order chi connectivity index (χ0) is 9.84. The Bertz CT molecular complexity index is 269. The summed E-state index contributed by atoms with van der Waals surface area (Å²) in [6, 6.07) is 0. The minimum atomic E-state index is -0.774. The molecule has 1 N–H and O–H groups in total. The van der Waals surface area contributed by atoms with Crippen LogP contribution < -0.4 is 0 Å². The fourth-order valence-electron chi connectivity index (χ4n) is 1.12. The molecular formula is C8H13N3O2. The van der Waals surface area contributed by atoms with Gasteiger partial charge >= 0.3 is 5.97 Å². The third-order valence-electron chi connectivity index (χ3n) is 2.00. The first kappa shape index (κ1) is 9.70. The van der Waals surface area contributed by atoms with Gasteiger partial charge in [0.1, 0.15) is 12.7 Å². The maximum absolute atomic E-state index is 10.8. The highest BCUT2D eigenvalue weighted by Gasteiger charge is 2.21. The number of carbonyl (C=O) groups is 1. The van der Waals surface area contributed by atoms with E-state index < -0.39 is 5.97 Å². The summed E-state index contributed by atoms with van der Waals surface area (Å²) in [7, 11) is 0. The molecule has 0 spiro atoms. The summed E-state index contributed by atoms with van der Waals surface area (Å²) in [4.78, 5) is 10.8. The Morgan fingerprint density at radius 1 is 1.46 bits per heavy atom. The van der Waals surface area contributed by atoms with Crippen molar-refractivity contribution in [2.24, 2.45) is 11.8 Å². The van der Waals surface area contributed by atoms with E-state index in [1.165, 1.54) is 12.7 Å². The molecule has 1 atom stereocenters. The van der Waals surface area contributed by atoms with Crippen LogP contribution in [-0.2, 0) is 11.3 Å². The summed E-state index contributed by atoms with van der Waals surface area (Å²) in [5, 5.41) is 16.1. The van der Waals surface area contributed by atoms with Crippen molar-refractivity contribution in [3.05, 3.63) is 12.7 Å². The summed E-state index contributed by atoms with van der Waals surface area (Å²) < 4.78 is 1.68. The second kappa shape index (κ2) is 4.02. The van der Waals surface area contributed by atoms with E-state index in [1.807, 2.05) is 13.8 Å². The Morgan fingerprint density at radius 2 is 2.00 bits per heavy atom. The lowest BCUT2D eigenvalue weighted by molar-refractivity contribution is -0.143. The summed E-state index contributed by atoms with van der Waals surface area (Å²) in [6.45, 7) is 4.21. The molecule has 1 unspecified atom stereocenters. The molecule has 0 aromatic carbocycles. The van der Waals surface area contributed by atoms with Crippen LogP contribution in [0.5, 0.6) is 0 Å². The van der Waals surface area contributed by atoms with E-state index in [2.05, 4.69) is 10.2 Å². The normalized spacial score (nSPS) is 13.2. The van der Waals surface area contributed by atoms with Crippen molar-refractivity contribution < 1.29 is 9.90 Å². The summed E-state index contributed by atoms with van der Waals surface area (Å²) in [5.74, 6) is -1.04. The van der Waals surface area contributed by atoms with Crippen molar-refractivity contribution >= 4 is 5.97 Å². The molecule has 13 heavy (non-hydrogen) atoms. The molecule has 0 saturated heterocycles. The molecule has 5 nitrogen and oxygen atoms in total. The molecule has 0 saturated carbocycles. The van der Waals surface area contributed by atoms with E-state index >= 15 is 0 Å². The van der Waals surface area contributed by atoms with Crippen molar-refractivity contribution in [1.82, 2.24) is 14.8 Å². The maximum atomic E-state index is 10.8. The predicted octanol–water partition coefficient (Wildman–Crippen LogP) is 0.635. The number of hydrogen-bond donors (Lipinski definition) is 1. The van der Waals surface area contributed by atoms with Gasteiger partial charge in [-0.1, -0.05) is 13.8 Å². The monoisotopic (exact) mass is 183 g/mol. The summed E-state index contributed by atoms with van der Waals surface area (Å²) >= 11 is 0. The van der Waals surface area contributed by atoms with Crippen LogP contribution in [0.2, 0.25) is 0 Å². The molecule has 5 heteroatoms. The van der Waals surface area contributed by atoms with Crippen molar-refractivity contribution in [2.75, 3.05) is 0 Å². The first-order chi connectivity index (χ1) is 6.11. The van der Waals surface area contributed by atoms with Gasteiger partial charge in [-0.3, -0.25) is 4.79 Å². The first-order valence-corrected chi connectivity index (χ1v) is 4.16. The average Bonchev–Trinajstić information content (AvgIpc) is 2.50. The van der Waals surface area contributed by atoms with E-state index in [9.17, 15) is 4.79 Å². The predicted molar refractivity (Wildman–Crippen MR) is 46.0 cm³/mol. The van der Waals surface area contributed by atoms with Crippen molar-refractivity contribution in [3.8, 4) is 0 Å². The van der Waals surface area contributed by atoms with Gasteiger partial charge in [0, 0.05) is 6.54 Å². The summed E-state index contributed by atoms with van der Waals surface area (Å²) in [5.41, 5.74) is 0. The van der Waals surface area contributed by atoms with Gasteiger partial charge in [-0.2, -0.15) is 0 Å². The Balaban J connectivity index is 2.63. The standard InChI is InChI=1S/C8H13N3O2/c1-6(2)7(8(12)13)3-11-4-9-10-5-11/h4-7H,3H2,1-2H3,(H,12,13). The zero-order valence-corrected chi connectivity index (χ0v) is 7.71. The molecule has 0 fully saturated rings. The Morgan fingerprint density at radius 3 is 2.38 bits per heavy atom. The number of hydrogen-bond acceptors (Lipinski definition) is 3. The van der Waals surface area contributed by atoms with Crippen LogP contribution in [0.25, 0.3) is 0 Å². The first-order valence-electron chi connectivity index (χ1n) is 4.16. The molecule has 1 rings (SSSR count). The lowest BCUT2D eigenvalue weighted by Gasteiger charge is -2.15. The number of carboxylic acids is 1. The molecule has 0 bridgehead atoms. The van der Waals surface area contributed by atoms with Gasteiger partial charge in [0.2, 0.25) is 0 Å². The van der Waals surface area contributed by atoms with Gasteiger partial charge in [0.05, 0.1) is 5.92 Å². The number of rotatable bonds is 4. The third kappa shape index (κ3) is 2.54. The maximum Gasteiger partial charge on any atom is 0.308 e. The van der Waals surface area contributed by atoms with Crippen LogP contribution in [0.1, 0.15) is 13.8 Å². The fourth-order valence-corrected chi connectivity index (χ4v) is 1.12. The molecule has 0 aliphatic rings. The molecule has 0 amide bonds. The van der Waals surface area contributed by atoms with Crippen LogP contribution in [0.15, 0.2) is 12.7 Å². The molecule has 1 aromatic rings. The minimum Gasteiger partial charge on any atom is -0.481 e.